The third-order valence-corrected chi connectivity index (χ3v) is 3.21. The predicted molar refractivity (Wildman–Crippen MR) is 84.8 cm³/mol. The van der Waals surface area contributed by atoms with Crippen molar-refractivity contribution in [3.8, 4) is 11.8 Å². The van der Waals surface area contributed by atoms with E-state index in [2.05, 4.69) is 11.8 Å². The molecular weight excluding hydrogens is 276 g/mol. The minimum Gasteiger partial charge on any atom is -0.465 e. The van der Waals surface area contributed by atoms with E-state index in [9.17, 15) is 9.59 Å². The van der Waals surface area contributed by atoms with Crippen LogP contribution >= 0.6 is 0 Å². The van der Waals surface area contributed by atoms with Crippen molar-refractivity contribution in [1.82, 2.24) is 0 Å². The van der Waals surface area contributed by atoms with Crippen LogP contribution in [-0.2, 0) is 4.74 Å². The zero-order chi connectivity index (χ0) is 15.9. The van der Waals surface area contributed by atoms with Crippen LogP contribution in [0.15, 0.2) is 48.5 Å². The van der Waals surface area contributed by atoms with E-state index in [0.717, 1.165) is 0 Å². The molecule has 0 saturated heterocycles. The molecule has 0 radical (unpaired) electrons. The molecule has 0 spiro atoms. The fourth-order valence-corrected chi connectivity index (χ4v) is 2.04. The van der Waals surface area contributed by atoms with Gasteiger partial charge in [0, 0.05) is 23.1 Å². The molecule has 110 valence electrons. The van der Waals surface area contributed by atoms with Gasteiger partial charge in [-0.2, -0.15) is 0 Å². The van der Waals surface area contributed by atoms with Crippen LogP contribution in [0.1, 0.15) is 45.2 Å². The maximum atomic E-state index is 11.9. The number of ether oxygens (including phenoxy) is 1. The highest BCUT2D eigenvalue weighted by atomic mass is 16.5. The van der Waals surface area contributed by atoms with Crippen molar-refractivity contribution in [2.24, 2.45) is 0 Å². The Morgan fingerprint density at radius 3 is 1.95 bits per heavy atom. The highest BCUT2D eigenvalue weighted by molar-refractivity contribution is 5.98. The molecular formula is C19H16O3. The normalized spacial score (nSPS) is 9.55. The first-order chi connectivity index (χ1) is 10.7. The highest BCUT2D eigenvalue weighted by Gasteiger charge is 2.10. The second-order valence-electron chi connectivity index (χ2n) is 4.61. The van der Waals surface area contributed by atoms with E-state index in [4.69, 9.17) is 4.74 Å². The summed E-state index contributed by atoms with van der Waals surface area (Å²) in [4.78, 5) is 23.6. The van der Waals surface area contributed by atoms with E-state index in [0.29, 0.717) is 28.7 Å². The molecule has 3 nitrogen and oxygen atoms in total. The van der Waals surface area contributed by atoms with Gasteiger partial charge in [0.2, 0.25) is 0 Å². The number of Topliss-reactive ketones (excluding diaryl/α,β-unsaturated/α-hetero) is 1. The molecule has 0 aromatic heterocycles. The summed E-state index contributed by atoms with van der Waals surface area (Å²) >= 11 is 0. The molecule has 0 aliphatic rings. The van der Waals surface area contributed by atoms with Gasteiger partial charge in [-0.3, -0.25) is 4.79 Å². The average molecular weight is 292 g/mol. The molecule has 0 unspecified atom stereocenters. The summed E-state index contributed by atoms with van der Waals surface area (Å²) in [5.74, 6) is 5.57. The van der Waals surface area contributed by atoms with Gasteiger partial charge >= 0.3 is 5.97 Å². The van der Waals surface area contributed by atoms with Crippen molar-refractivity contribution in [2.45, 2.75) is 13.3 Å². The molecule has 0 fully saturated rings. The van der Waals surface area contributed by atoms with Crippen LogP contribution in [0, 0.1) is 11.8 Å². The number of methoxy groups -OCH3 is 1. The summed E-state index contributed by atoms with van der Waals surface area (Å²) in [5.41, 5.74) is 2.26. The Morgan fingerprint density at radius 2 is 1.41 bits per heavy atom. The minimum atomic E-state index is -0.428. The van der Waals surface area contributed by atoms with Gasteiger partial charge in [0.1, 0.15) is 0 Å². The van der Waals surface area contributed by atoms with Crippen LogP contribution < -0.4 is 0 Å². The number of benzene rings is 2. The van der Waals surface area contributed by atoms with Crippen molar-refractivity contribution in [3.05, 3.63) is 70.8 Å². The van der Waals surface area contributed by atoms with Crippen molar-refractivity contribution in [2.75, 3.05) is 7.11 Å². The first kappa shape index (κ1) is 15.5. The van der Waals surface area contributed by atoms with Gasteiger partial charge in [-0.15, -0.1) is 0 Å². The molecule has 0 atom stereocenters. The number of esters is 1. The fraction of sp³-hybridized carbons (Fsp3) is 0.158. The molecule has 2 rings (SSSR count). The first-order valence-corrected chi connectivity index (χ1v) is 6.99. The lowest BCUT2D eigenvalue weighted by Crippen LogP contribution is -2.03. The Hall–Kier alpha value is -2.86. The number of carbonyl (C=O) groups is 2. The molecule has 0 bridgehead atoms. The van der Waals surface area contributed by atoms with Gasteiger partial charge < -0.3 is 4.74 Å². The Labute approximate surface area is 129 Å². The summed E-state index contributed by atoms with van der Waals surface area (Å²) in [6.07, 6.45) is 0.428. The number of hydrogen-bond donors (Lipinski definition) is 0. The van der Waals surface area contributed by atoms with Crippen LogP contribution in [0.4, 0.5) is 0 Å². The topological polar surface area (TPSA) is 43.4 Å². The second-order valence-corrected chi connectivity index (χ2v) is 4.61. The lowest BCUT2D eigenvalue weighted by molar-refractivity contribution is 0.0600. The average Bonchev–Trinajstić information content (AvgIpc) is 2.59. The van der Waals surface area contributed by atoms with E-state index >= 15 is 0 Å². The van der Waals surface area contributed by atoms with Gasteiger partial charge in [0.25, 0.3) is 0 Å². The summed E-state index contributed by atoms with van der Waals surface area (Å²) in [6.45, 7) is 1.82. The smallest absolute Gasteiger partial charge is 0.339 e. The quantitative estimate of drug-likeness (QED) is 0.494. The molecule has 2 aromatic rings. The third-order valence-electron chi connectivity index (χ3n) is 3.21. The van der Waals surface area contributed by atoms with Crippen LogP contribution in [0.5, 0.6) is 0 Å². The van der Waals surface area contributed by atoms with Crippen LogP contribution in [0.3, 0.4) is 0 Å². The Balaban J connectivity index is 2.44. The molecule has 0 N–H and O–H groups in total. The minimum absolute atomic E-state index is 0.0474. The van der Waals surface area contributed by atoms with Crippen LogP contribution in [0.25, 0.3) is 0 Å². The van der Waals surface area contributed by atoms with Gasteiger partial charge in [0.05, 0.1) is 12.7 Å². The molecule has 0 aliphatic heterocycles. The van der Waals surface area contributed by atoms with E-state index < -0.39 is 5.97 Å². The first-order valence-electron chi connectivity index (χ1n) is 6.99. The summed E-state index contributed by atoms with van der Waals surface area (Å²) in [5, 5.41) is 0. The molecule has 22 heavy (non-hydrogen) atoms. The molecule has 2 aromatic carbocycles. The number of ketones is 1. The fourth-order valence-electron chi connectivity index (χ4n) is 2.04. The molecule has 0 saturated carbocycles. The second kappa shape index (κ2) is 7.24. The van der Waals surface area contributed by atoms with Gasteiger partial charge in [-0.25, -0.2) is 4.79 Å². The van der Waals surface area contributed by atoms with Gasteiger partial charge in [-0.1, -0.05) is 49.1 Å². The Morgan fingerprint density at radius 1 is 0.909 bits per heavy atom. The van der Waals surface area contributed by atoms with Gasteiger partial charge in [-0.05, 0) is 18.2 Å². The number of rotatable bonds is 3. The predicted octanol–water partition coefficient (Wildman–Crippen LogP) is 3.47. The maximum absolute atomic E-state index is 11.9. The van der Waals surface area contributed by atoms with Crippen molar-refractivity contribution in [1.29, 1.82) is 0 Å². The summed E-state index contributed by atoms with van der Waals surface area (Å²) in [6, 6.07) is 14.2. The van der Waals surface area contributed by atoms with Crippen molar-refractivity contribution >= 4 is 11.8 Å². The lowest BCUT2D eigenvalue weighted by atomic mass is 10.0. The van der Waals surface area contributed by atoms with E-state index in [1.807, 2.05) is 19.1 Å². The molecule has 0 aliphatic carbocycles. The zero-order valence-corrected chi connectivity index (χ0v) is 12.6. The molecule has 0 heterocycles. The standard InChI is InChI=1S/C19H16O3/c1-3-18(20)16-10-6-4-8-14(16)12-13-15-9-5-7-11-17(15)19(21)22-2/h4-11H,3H2,1-2H3. The molecule has 3 heteroatoms. The Kier molecular flexibility index (Phi) is 5.11. The Bertz CT molecular complexity index is 700. The van der Waals surface area contributed by atoms with E-state index in [1.54, 1.807) is 36.4 Å². The van der Waals surface area contributed by atoms with Crippen LogP contribution in [-0.4, -0.2) is 18.9 Å². The third kappa shape index (κ3) is 3.42. The molecule has 0 amide bonds. The van der Waals surface area contributed by atoms with Crippen LogP contribution in [0.2, 0.25) is 0 Å². The number of hydrogen-bond acceptors (Lipinski definition) is 3. The van der Waals surface area contributed by atoms with Gasteiger partial charge in [0.15, 0.2) is 5.78 Å². The van der Waals surface area contributed by atoms with E-state index in [-0.39, 0.29) is 5.78 Å². The zero-order valence-electron chi connectivity index (χ0n) is 12.6. The number of carbonyl (C=O) groups excluding carboxylic acids is 2. The van der Waals surface area contributed by atoms with E-state index in [1.165, 1.54) is 7.11 Å². The SMILES string of the molecule is CCC(=O)c1ccccc1C#Cc1ccccc1C(=O)OC. The van der Waals surface area contributed by atoms with Crippen molar-refractivity contribution < 1.29 is 14.3 Å². The monoisotopic (exact) mass is 292 g/mol. The maximum Gasteiger partial charge on any atom is 0.339 e. The van der Waals surface area contributed by atoms with Crippen molar-refractivity contribution in [3.63, 3.8) is 0 Å². The largest absolute Gasteiger partial charge is 0.465 e. The summed E-state index contributed by atoms with van der Waals surface area (Å²) in [7, 11) is 1.34. The lowest BCUT2D eigenvalue weighted by Gasteiger charge is -2.02. The highest BCUT2D eigenvalue weighted by Crippen LogP contribution is 2.12. The summed E-state index contributed by atoms with van der Waals surface area (Å²) < 4.78 is 4.75.